The van der Waals surface area contributed by atoms with Gasteiger partial charge in [0.1, 0.15) is 11.5 Å². The Morgan fingerprint density at radius 3 is 2.59 bits per heavy atom. The smallest absolute Gasteiger partial charge is 0.255 e. The van der Waals surface area contributed by atoms with Gasteiger partial charge in [-0.05, 0) is 25.5 Å². The lowest BCUT2D eigenvalue weighted by Crippen LogP contribution is -2.50. The summed E-state index contributed by atoms with van der Waals surface area (Å²) < 4.78 is 0. The third kappa shape index (κ3) is 3.10. The van der Waals surface area contributed by atoms with Gasteiger partial charge in [0.15, 0.2) is 0 Å². The first-order chi connectivity index (χ1) is 7.91. The number of nitrogens with one attached hydrogen (secondary N) is 1. The number of hydrogen-bond donors (Lipinski definition) is 4. The molecule has 0 aliphatic rings. The number of benzene rings is 1. The Morgan fingerprint density at radius 2 is 2.12 bits per heavy atom. The van der Waals surface area contributed by atoms with Crippen LogP contribution in [0.15, 0.2) is 18.2 Å². The molecular formula is C12H18N2O3. The van der Waals surface area contributed by atoms with Crippen LogP contribution in [0.3, 0.4) is 0 Å². The van der Waals surface area contributed by atoms with Crippen LogP contribution >= 0.6 is 0 Å². The van der Waals surface area contributed by atoms with Gasteiger partial charge >= 0.3 is 0 Å². The minimum absolute atomic E-state index is 0.0869. The predicted molar refractivity (Wildman–Crippen MR) is 65.0 cm³/mol. The van der Waals surface area contributed by atoms with Crippen molar-refractivity contribution in [2.24, 2.45) is 5.73 Å². The van der Waals surface area contributed by atoms with Crippen LogP contribution in [0.25, 0.3) is 0 Å². The van der Waals surface area contributed by atoms with Crippen LogP contribution in [0, 0.1) is 0 Å². The summed E-state index contributed by atoms with van der Waals surface area (Å²) in [6, 6.07) is 3.84. The molecule has 0 aliphatic heterocycles. The second kappa shape index (κ2) is 5.05. The Kier molecular flexibility index (Phi) is 3.96. The van der Waals surface area contributed by atoms with Crippen molar-refractivity contribution in [1.29, 1.82) is 0 Å². The monoisotopic (exact) mass is 238 g/mol. The summed E-state index contributed by atoms with van der Waals surface area (Å²) in [5, 5.41) is 21.4. The second-order valence-corrected chi connectivity index (χ2v) is 4.27. The van der Waals surface area contributed by atoms with Crippen LogP contribution in [0.2, 0.25) is 0 Å². The van der Waals surface area contributed by atoms with Crippen LogP contribution in [0.5, 0.6) is 11.5 Å². The van der Waals surface area contributed by atoms with Gasteiger partial charge in [0.05, 0.1) is 5.56 Å². The molecule has 1 rings (SSSR count). The number of amides is 1. The highest BCUT2D eigenvalue weighted by atomic mass is 16.3. The Balaban J connectivity index is 2.90. The van der Waals surface area contributed by atoms with Crippen LogP contribution in [-0.2, 0) is 0 Å². The highest BCUT2D eigenvalue weighted by Crippen LogP contribution is 2.23. The van der Waals surface area contributed by atoms with Gasteiger partial charge in [-0.1, -0.05) is 6.92 Å². The van der Waals surface area contributed by atoms with Gasteiger partial charge in [0, 0.05) is 18.2 Å². The standard InChI is InChI=1S/C12H18N2O3/c1-3-12(2,7-13)14-11(17)9-5-4-8(15)6-10(9)16/h4-6,15-16H,3,7,13H2,1-2H3,(H,14,17). The van der Waals surface area contributed by atoms with E-state index in [1.807, 2.05) is 13.8 Å². The van der Waals surface area contributed by atoms with Crippen molar-refractivity contribution < 1.29 is 15.0 Å². The van der Waals surface area contributed by atoms with Gasteiger partial charge in [-0.2, -0.15) is 0 Å². The molecule has 0 aliphatic carbocycles. The van der Waals surface area contributed by atoms with E-state index >= 15 is 0 Å². The summed E-state index contributed by atoms with van der Waals surface area (Å²) in [6.07, 6.45) is 0.689. The van der Waals surface area contributed by atoms with Crippen molar-refractivity contribution in [3.05, 3.63) is 23.8 Å². The summed E-state index contributed by atoms with van der Waals surface area (Å²) in [5.74, 6) is -0.744. The van der Waals surface area contributed by atoms with E-state index in [1.165, 1.54) is 12.1 Å². The van der Waals surface area contributed by atoms with E-state index in [-0.39, 0.29) is 17.1 Å². The Morgan fingerprint density at radius 1 is 1.47 bits per heavy atom. The average Bonchev–Trinajstić information content (AvgIpc) is 2.28. The van der Waals surface area contributed by atoms with Crippen molar-refractivity contribution in [2.75, 3.05) is 6.54 Å². The molecule has 0 saturated heterocycles. The molecule has 1 atom stereocenters. The maximum absolute atomic E-state index is 11.9. The van der Waals surface area contributed by atoms with Crippen molar-refractivity contribution >= 4 is 5.91 Å². The third-order valence-corrected chi connectivity index (χ3v) is 2.87. The lowest BCUT2D eigenvalue weighted by molar-refractivity contribution is 0.0904. The highest BCUT2D eigenvalue weighted by molar-refractivity contribution is 5.97. The van der Waals surface area contributed by atoms with E-state index in [1.54, 1.807) is 0 Å². The van der Waals surface area contributed by atoms with Crippen molar-refractivity contribution in [1.82, 2.24) is 5.32 Å². The Hall–Kier alpha value is -1.75. The van der Waals surface area contributed by atoms with E-state index in [0.717, 1.165) is 6.07 Å². The quantitative estimate of drug-likeness (QED) is 0.628. The molecule has 1 unspecified atom stereocenters. The lowest BCUT2D eigenvalue weighted by Gasteiger charge is -2.28. The Labute approximate surface area is 100 Å². The number of phenolic OH excluding ortho intramolecular Hbond substituents is 2. The molecule has 5 nitrogen and oxygen atoms in total. The maximum atomic E-state index is 11.9. The first-order valence-electron chi connectivity index (χ1n) is 5.46. The molecule has 1 amide bonds. The molecule has 0 fully saturated rings. The predicted octanol–water partition coefficient (Wildman–Crippen LogP) is 0.955. The zero-order valence-corrected chi connectivity index (χ0v) is 10.0. The number of phenols is 2. The van der Waals surface area contributed by atoms with E-state index in [2.05, 4.69) is 5.32 Å². The average molecular weight is 238 g/mol. The van der Waals surface area contributed by atoms with Gasteiger partial charge in [-0.15, -0.1) is 0 Å². The summed E-state index contributed by atoms with van der Waals surface area (Å²) in [6.45, 7) is 4.07. The zero-order valence-electron chi connectivity index (χ0n) is 10.0. The number of aromatic hydroxyl groups is 2. The largest absolute Gasteiger partial charge is 0.508 e. The van der Waals surface area contributed by atoms with Crippen molar-refractivity contribution in [3.63, 3.8) is 0 Å². The third-order valence-electron chi connectivity index (χ3n) is 2.87. The SMILES string of the molecule is CCC(C)(CN)NC(=O)c1ccc(O)cc1O. The molecule has 5 heteroatoms. The molecule has 94 valence electrons. The lowest BCUT2D eigenvalue weighted by atomic mass is 9.98. The molecule has 17 heavy (non-hydrogen) atoms. The minimum Gasteiger partial charge on any atom is -0.508 e. The van der Waals surface area contributed by atoms with Crippen LogP contribution in [0.1, 0.15) is 30.6 Å². The fourth-order valence-corrected chi connectivity index (χ4v) is 1.34. The zero-order chi connectivity index (χ0) is 13.1. The molecule has 0 radical (unpaired) electrons. The fraction of sp³-hybridized carbons (Fsp3) is 0.417. The maximum Gasteiger partial charge on any atom is 0.255 e. The topological polar surface area (TPSA) is 95.6 Å². The summed E-state index contributed by atoms with van der Waals surface area (Å²) in [5.41, 5.74) is 5.21. The number of carbonyl (C=O) groups is 1. The fourth-order valence-electron chi connectivity index (χ4n) is 1.34. The van der Waals surface area contributed by atoms with Gasteiger partial charge in [0.2, 0.25) is 0 Å². The highest BCUT2D eigenvalue weighted by Gasteiger charge is 2.24. The summed E-state index contributed by atoms with van der Waals surface area (Å²) in [7, 11) is 0. The number of hydrogen-bond acceptors (Lipinski definition) is 4. The second-order valence-electron chi connectivity index (χ2n) is 4.27. The van der Waals surface area contributed by atoms with Crippen molar-refractivity contribution in [2.45, 2.75) is 25.8 Å². The van der Waals surface area contributed by atoms with E-state index < -0.39 is 11.4 Å². The molecule has 1 aromatic rings. The van der Waals surface area contributed by atoms with Crippen LogP contribution in [-0.4, -0.2) is 28.2 Å². The molecule has 1 aromatic carbocycles. The van der Waals surface area contributed by atoms with Crippen LogP contribution in [0.4, 0.5) is 0 Å². The first-order valence-corrected chi connectivity index (χ1v) is 5.46. The molecule has 0 saturated carbocycles. The molecule has 0 bridgehead atoms. The molecule has 0 aromatic heterocycles. The minimum atomic E-state index is -0.499. The van der Waals surface area contributed by atoms with Gasteiger partial charge in [-0.25, -0.2) is 0 Å². The normalized spacial score (nSPS) is 14.1. The number of rotatable bonds is 4. The van der Waals surface area contributed by atoms with Crippen molar-refractivity contribution in [3.8, 4) is 11.5 Å². The van der Waals surface area contributed by atoms with E-state index in [9.17, 15) is 9.90 Å². The molecule has 0 heterocycles. The molecule has 5 N–H and O–H groups in total. The van der Waals surface area contributed by atoms with Gasteiger partial charge in [-0.3, -0.25) is 4.79 Å². The van der Waals surface area contributed by atoms with Crippen LogP contribution < -0.4 is 11.1 Å². The Bertz CT molecular complexity index is 414. The number of nitrogens with two attached hydrogens (primary N) is 1. The van der Waals surface area contributed by atoms with Gasteiger partial charge < -0.3 is 21.3 Å². The number of carbonyl (C=O) groups excluding carboxylic acids is 1. The molecular weight excluding hydrogens is 220 g/mol. The summed E-state index contributed by atoms with van der Waals surface area (Å²) in [4.78, 5) is 11.9. The molecule has 0 spiro atoms. The first kappa shape index (κ1) is 13.3. The van der Waals surface area contributed by atoms with Gasteiger partial charge in [0.25, 0.3) is 5.91 Å². The van der Waals surface area contributed by atoms with E-state index in [0.29, 0.717) is 13.0 Å². The van der Waals surface area contributed by atoms with E-state index in [4.69, 9.17) is 10.8 Å². The summed E-state index contributed by atoms with van der Waals surface area (Å²) >= 11 is 0.